The zero-order valence-corrected chi connectivity index (χ0v) is 17.0. The van der Waals surface area contributed by atoms with E-state index >= 15 is 0 Å². The molecular formula is C22H28N4O3. The summed E-state index contributed by atoms with van der Waals surface area (Å²) in [6.07, 6.45) is 0.849. The van der Waals surface area contributed by atoms with Gasteiger partial charge in [0, 0.05) is 25.2 Å². The zero-order chi connectivity index (χ0) is 20.5. The Morgan fingerprint density at radius 1 is 0.931 bits per heavy atom. The van der Waals surface area contributed by atoms with Crippen LogP contribution in [0.1, 0.15) is 35.3 Å². The molecule has 3 N–H and O–H groups in total. The van der Waals surface area contributed by atoms with Gasteiger partial charge < -0.3 is 25.4 Å². The van der Waals surface area contributed by atoms with Crippen molar-refractivity contribution in [3.8, 4) is 11.5 Å². The second kappa shape index (κ2) is 10.4. The Bertz CT molecular complexity index is 850. The number of aliphatic imine (C=N–C) groups is 1. The summed E-state index contributed by atoms with van der Waals surface area (Å²) in [6, 6.07) is 13.5. The molecule has 0 aromatic heterocycles. The molecule has 0 saturated heterocycles. The smallest absolute Gasteiger partial charge is 0.251 e. The van der Waals surface area contributed by atoms with Gasteiger partial charge in [0.05, 0.1) is 6.54 Å². The van der Waals surface area contributed by atoms with E-state index in [9.17, 15) is 4.79 Å². The van der Waals surface area contributed by atoms with Gasteiger partial charge in [-0.1, -0.05) is 18.2 Å². The van der Waals surface area contributed by atoms with E-state index in [1.54, 1.807) is 0 Å². The fourth-order valence-corrected chi connectivity index (χ4v) is 2.96. The summed E-state index contributed by atoms with van der Waals surface area (Å²) in [4.78, 5) is 16.5. The van der Waals surface area contributed by atoms with Gasteiger partial charge in [-0.25, -0.2) is 4.99 Å². The van der Waals surface area contributed by atoms with Crippen LogP contribution in [0.15, 0.2) is 47.5 Å². The summed E-state index contributed by atoms with van der Waals surface area (Å²) >= 11 is 0. The molecule has 1 heterocycles. The summed E-state index contributed by atoms with van der Waals surface area (Å²) in [6.45, 7) is 6.93. The molecule has 1 amide bonds. The number of hydrogen-bond acceptors (Lipinski definition) is 4. The molecule has 1 aliphatic heterocycles. The maximum Gasteiger partial charge on any atom is 0.251 e. The number of ether oxygens (including phenoxy) is 2. The molecule has 29 heavy (non-hydrogen) atoms. The molecule has 0 bridgehead atoms. The number of amides is 1. The minimum atomic E-state index is -0.0546. The van der Waals surface area contributed by atoms with Gasteiger partial charge in [0.1, 0.15) is 0 Å². The molecule has 0 radical (unpaired) electrons. The van der Waals surface area contributed by atoms with Crippen LogP contribution in [-0.2, 0) is 13.0 Å². The van der Waals surface area contributed by atoms with Crippen LogP contribution < -0.4 is 25.4 Å². The standard InChI is InChI=1S/C22H28N4O3/c1-3-23-21(27)18-8-5-17(6-9-18)14-26-22(24-4-2)25-12-11-16-7-10-19-20(13-16)29-15-28-19/h5-10,13H,3-4,11-12,14-15H2,1-2H3,(H,23,27)(H2,24,25,26). The van der Waals surface area contributed by atoms with Crippen LogP contribution in [-0.4, -0.2) is 38.3 Å². The lowest BCUT2D eigenvalue weighted by molar-refractivity contribution is 0.0956. The molecule has 7 heteroatoms. The van der Waals surface area contributed by atoms with Crippen LogP contribution >= 0.6 is 0 Å². The van der Waals surface area contributed by atoms with E-state index in [0.29, 0.717) is 25.4 Å². The van der Waals surface area contributed by atoms with Crippen molar-refractivity contribution >= 4 is 11.9 Å². The molecule has 0 saturated carbocycles. The highest BCUT2D eigenvalue weighted by molar-refractivity contribution is 5.94. The number of rotatable bonds is 8. The average molecular weight is 396 g/mol. The lowest BCUT2D eigenvalue weighted by atomic mass is 10.1. The summed E-state index contributed by atoms with van der Waals surface area (Å²) in [5.74, 6) is 2.32. The van der Waals surface area contributed by atoms with Crippen LogP contribution in [0.2, 0.25) is 0 Å². The Morgan fingerprint density at radius 3 is 2.41 bits per heavy atom. The number of guanidine groups is 1. The van der Waals surface area contributed by atoms with E-state index in [0.717, 1.165) is 42.5 Å². The maximum atomic E-state index is 11.8. The lowest BCUT2D eigenvalue weighted by Gasteiger charge is -2.11. The van der Waals surface area contributed by atoms with E-state index in [1.807, 2.05) is 50.2 Å². The largest absolute Gasteiger partial charge is 0.454 e. The predicted octanol–water partition coefficient (Wildman–Crippen LogP) is 2.46. The van der Waals surface area contributed by atoms with E-state index in [1.165, 1.54) is 5.56 Å². The van der Waals surface area contributed by atoms with Crippen molar-refractivity contribution in [1.82, 2.24) is 16.0 Å². The molecule has 154 valence electrons. The van der Waals surface area contributed by atoms with Gasteiger partial charge in [0.15, 0.2) is 17.5 Å². The summed E-state index contributed by atoms with van der Waals surface area (Å²) in [7, 11) is 0. The molecule has 3 rings (SSSR count). The van der Waals surface area contributed by atoms with E-state index < -0.39 is 0 Å². The number of hydrogen-bond donors (Lipinski definition) is 3. The van der Waals surface area contributed by atoms with Gasteiger partial charge in [0.25, 0.3) is 5.91 Å². The first kappa shape index (κ1) is 20.5. The third kappa shape index (κ3) is 5.88. The van der Waals surface area contributed by atoms with Crippen molar-refractivity contribution in [1.29, 1.82) is 0 Å². The summed E-state index contributed by atoms with van der Waals surface area (Å²) in [5.41, 5.74) is 2.89. The summed E-state index contributed by atoms with van der Waals surface area (Å²) < 4.78 is 10.8. The molecule has 7 nitrogen and oxygen atoms in total. The number of nitrogens with zero attached hydrogens (tertiary/aromatic N) is 1. The van der Waals surface area contributed by atoms with Gasteiger partial charge in [-0.3, -0.25) is 4.79 Å². The number of nitrogens with one attached hydrogen (secondary N) is 3. The topological polar surface area (TPSA) is 84.0 Å². The minimum Gasteiger partial charge on any atom is -0.454 e. The van der Waals surface area contributed by atoms with Crippen LogP contribution in [0.3, 0.4) is 0 Å². The molecule has 0 unspecified atom stereocenters. The second-order valence-electron chi connectivity index (χ2n) is 6.62. The van der Waals surface area contributed by atoms with E-state index in [2.05, 4.69) is 27.0 Å². The fraction of sp³-hybridized carbons (Fsp3) is 0.364. The molecule has 0 spiro atoms. The highest BCUT2D eigenvalue weighted by Crippen LogP contribution is 2.32. The Kier molecular flexibility index (Phi) is 7.33. The van der Waals surface area contributed by atoms with E-state index in [-0.39, 0.29) is 5.91 Å². The zero-order valence-electron chi connectivity index (χ0n) is 17.0. The first-order chi connectivity index (χ1) is 14.2. The number of benzene rings is 2. The SMILES string of the molecule is CCNC(=O)c1ccc(CN=C(NCC)NCCc2ccc3c(c2)OCO3)cc1. The number of fused-ring (bicyclic) bond motifs is 1. The van der Waals surface area contributed by atoms with Crippen molar-refractivity contribution < 1.29 is 14.3 Å². The Morgan fingerprint density at radius 2 is 1.66 bits per heavy atom. The van der Waals surface area contributed by atoms with Crippen LogP contribution in [0.25, 0.3) is 0 Å². The highest BCUT2D eigenvalue weighted by Gasteiger charge is 2.13. The monoisotopic (exact) mass is 396 g/mol. The molecule has 2 aromatic rings. The first-order valence-electron chi connectivity index (χ1n) is 9.97. The minimum absolute atomic E-state index is 0.0546. The average Bonchev–Trinajstić information content (AvgIpc) is 3.20. The van der Waals surface area contributed by atoms with E-state index in [4.69, 9.17) is 9.47 Å². The van der Waals surface area contributed by atoms with Gasteiger partial charge in [-0.05, 0) is 55.7 Å². The highest BCUT2D eigenvalue weighted by atomic mass is 16.7. The van der Waals surface area contributed by atoms with Crippen molar-refractivity contribution in [2.45, 2.75) is 26.8 Å². The number of carbonyl (C=O) groups is 1. The third-order valence-corrected chi connectivity index (χ3v) is 4.46. The normalized spacial score (nSPS) is 12.6. The Hall–Kier alpha value is -3.22. The van der Waals surface area contributed by atoms with Crippen molar-refractivity contribution in [3.63, 3.8) is 0 Å². The van der Waals surface area contributed by atoms with Crippen molar-refractivity contribution in [2.75, 3.05) is 26.4 Å². The first-order valence-corrected chi connectivity index (χ1v) is 9.97. The molecule has 0 aliphatic carbocycles. The Balaban J connectivity index is 1.52. The van der Waals surface area contributed by atoms with Crippen LogP contribution in [0.4, 0.5) is 0 Å². The fourth-order valence-electron chi connectivity index (χ4n) is 2.96. The predicted molar refractivity (Wildman–Crippen MR) is 114 cm³/mol. The maximum absolute atomic E-state index is 11.8. The lowest BCUT2D eigenvalue weighted by Crippen LogP contribution is -2.38. The summed E-state index contributed by atoms with van der Waals surface area (Å²) in [5, 5.41) is 9.41. The molecular weight excluding hydrogens is 368 g/mol. The van der Waals surface area contributed by atoms with Crippen LogP contribution in [0, 0.1) is 0 Å². The van der Waals surface area contributed by atoms with Crippen molar-refractivity contribution in [3.05, 3.63) is 59.2 Å². The molecule has 0 atom stereocenters. The quantitative estimate of drug-likeness (QED) is 0.472. The van der Waals surface area contributed by atoms with Gasteiger partial charge >= 0.3 is 0 Å². The molecule has 0 fully saturated rings. The van der Waals surface area contributed by atoms with Crippen molar-refractivity contribution in [2.24, 2.45) is 4.99 Å². The van der Waals surface area contributed by atoms with Gasteiger partial charge in [-0.2, -0.15) is 0 Å². The Labute approximate surface area is 171 Å². The molecule has 1 aliphatic rings. The third-order valence-electron chi connectivity index (χ3n) is 4.46. The van der Waals surface area contributed by atoms with Gasteiger partial charge in [-0.15, -0.1) is 0 Å². The van der Waals surface area contributed by atoms with Crippen LogP contribution in [0.5, 0.6) is 11.5 Å². The second-order valence-corrected chi connectivity index (χ2v) is 6.62. The number of carbonyl (C=O) groups excluding carboxylic acids is 1. The van der Waals surface area contributed by atoms with Gasteiger partial charge in [0.2, 0.25) is 6.79 Å². The molecule has 2 aromatic carbocycles.